The third-order valence-electron chi connectivity index (χ3n) is 12.1. The van der Waals surface area contributed by atoms with E-state index >= 15 is 0 Å². The second kappa shape index (κ2) is 25.5. The number of nitrogens with two attached hydrogens (primary N) is 2. The molecule has 17 atom stereocenters. The van der Waals surface area contributed by atoms with Gasteiger partial charge in [-0.05, 0) is 13.0 Å². The Morgan fingerprint density at radius 1 is 0.662 bits per heavy atom. The minimum Gasteiger partial charge on any atom is -0.477 e. The van der Waals surface area contributed by atoms with Gasteiger partial charge in [-0.25, -0.2) is 14.4 Å². The van der Waals surface area contributed by atoms with Crippen LogP contribution in [0.25, 0.3) is 0 Å². The Morgan fingerprint density at radius 2 is 1.11 bits per heavy atom. The van der Waals surface area contributed by atoms with Crippen molar-refractivity contribution in [1.29, 1.82) is 0 Å². The number of ether oxygens (including phenoxy) is 5. The lowest BCUT2D eigenvalue weighted by molar-refractivity contribution is -0.354. The van der Waals surface area contributed by atoms with E-state index in [1.54, 1.807) is 0 Å². The smallest absolute Gasteiger partial charge is 0.364 e. The summed E-state index contributed by atoms with van der Waals surface area (Å²) in [5.74, 6) is -16.2. The predicted octanol–water partition coefficient (Wildman–Crippen LogP) is -4.72. The first-order valence-corrected chi connectivity index (χ1v) is 22.1. The fraction of sp³-hybridized carbons (Fsp3) is 0.900. The molecular weight excluding hydrogens is 872 g/mol. The molecule has 3 aliphatic rings. The summed E-state index contributed by atoms with van der Waals surface area (Å²) in [6.45, 7) is 0.849. The van der Waals surface area contributed by atoms with Crippen molar-refractivity contribution in [2.45, 2.75) is 200 Å². The molecule has 0 saturated carbocycles. The van der Waals surface area contributed by atoms with Crippen molar-refractivity contribution in [3.63, 3.8) is 0 Å². The van der Waals surface area contributed by atoms with Crippen molar-refractivity contribution < 1.29 is 104 Å². The number of nitrogens with one attached hydrogen (secondary N) is 2. The van der Waals surface area contributed by atoms with E-state index in [-0.39, 0.29) is 6.54 Å². The van der Waals surface area contributed by atoms with Gasteiger partial charge in [0, 0.05) is 32.7 Å². The summed E-state index contributed by atoms with van der Waals surface area (Å²) in [5.41, 5.74) is 12.1. The molecule has 3 rings (SSSR count). The molecule has 0 aromatic rings. The summed E-state index contributed by atoms with van der Waals surface area (Å²) < 4.78 is 27.8. The van der Waals surface area contributed by atoms with Crippen LogP contribution in [0.15, 0.2) is 0 Å². The lowest BCUT2D eigenvalue weighted by atomic mass is 9.87. The van der Waals surface area contributed by atoms with Gasteiger partial charge < -0.3 is 107 Å². The van der Waals surface area contributed by atoms with Crippen LogP contribution < -0.4 is 22.1 Å². The molecule has 3 fully saturated rings. The Bertz CT molecular complexity index is 1520. The first-order chi connectivity index (χ1) is 30.5. The van der Waals surface area contributed by atoms with Gasteiger partial charge in [-0.1, -0.05) is 64.7 Å². The summed E-state index contributed by atoms with van der Waals surface area (Å²) in [5, 5.41) is 134. The Labute approximate surface area is 375 Å². The topological polar surface area (TPSA) is 433 Å². The van der Waals surface area contributed by atoms with Crippen LogP contribution in [0.3, 0.4) is 0 Å². The normalized spacial score (nSPS) is 35.4. The van der Waals surface area contributed by atoms with Gasteiger partial charge in [0.1, 0.15) is 42.7 Å². The molecule has 3 saturated heterocycles. The molecule has 18 N–H and O–H groups in total. The maximum Gasteiger partial charge on any atom is 0.364 e. The lowest BCUT2D eigenvalue weighted by Crippen LogP contribution is -2.71. The van der Waals surface area contributed by atoms with E-state index in [9.17, 15) is 80.5 Å². The number of rotatable bonds is 28. The third kappa shape index (κ3) is 14.6. The Morgan fingerprint density at radius 3 is 1.58 bits per heavy atom. The van der Waals surface area contributed by atoms with Crippen molar-refractivity contribution in [2.75, 3.05) is 26.3 Å². The lowest BCUT2D eigenvalue weighted by Gasteiger charge is -2.50. The van der Waals surface area contributed by atoms with Crippen LogP contribution in [0.2, 0.25) is 0 Å². The van der Waals surface area contributed by atoms with E-state index < -0.39 is 159 Å². The van der Waals surface area contributed by atoms with Gasteiger partial charge in [0.25, 0.3) is 17.4 Å². The predicted molar refractivity (Wildman–Crippen MR) is 220 cm³/mol. The quantitative estimate of drug-likeness (QED) is 0.0328. The van der Waals surface area contributed by atoms with E-state index in [0.717, 1.165) is 39.0 Å². The van der Waals surface area contributed by atoms with E-state index in [0.29, 0.717) is 6.54 Å². The van der Waals surface area contributed by atoms with Gasteiger partial charge in [0.05, 0.1) is 55.8 Å². The molecule has 0 aromatic carbocycles. The van der Waals surface area contributed by atoms with E-state index in [1.807, 2.05) is 0 Å². The molecule has 0 bridgehead atoms. The van der Waals surface area contributed by atoms with Crippen LogP contribution in [0, 0.1) is 0 Å². The largest absolute Gasteiger partial charge is 0.477 e. The summed E-state index contributed by atoms with van der Waals surface area (Å²) in [6, 6.07) is -4.81. The molecule has 65 heavy (non-hydrogen) atoms. The SMILES string of the molecule is CCCCCCCCCCCCNCC(O)C1OC(OC(CO)C(O)C2OC(OC(CO)C(O)C3OC(O)(C(=O)O)CC(O)C3N)(C(=O)O)CC(O)C2NC(C)=O)(C(=O)O)CC(O)C1N. The van der Waals surface area contributed by atoms with Crippen LogP contribution in [-0.4, -0.2) is 214 Å². The highest BCUT2D eigenvalue weighted by Crippen LogP contribution is 2.39. The van der Waals surface area contributed by atoms with Crippen molar-refractivity contribution >= 4 is 23.8 Å². The fourth-order valence-corrected chi connectivity index (χ4v) is 8.37. The number of aliphatic hydroxyl groups excluding tert-OH is 8. The van der Waals surface area contributed by atoms with Crippen LogP contribution in [-0.2, 0) is 42.9 Å². The van der Waals surface area contributed by atoms with Gasteiger partial charge in [0.2, 0.25) is 5.91 Å². The van der Waals surface area contributed by atoms with Gasteiger partial charge >= 0.3 is 17.9 Å². The molecule has 0 aromatic heterocycles. The molecule has 3 aliphatic heterocycles. The molecule has 25 nitrogen and oxygen atoms in total. The van der Waals surface area contributed by atoms with Crippen molar-refractivity contribution in [1.82, 2.24) is 10.6 Å². The van der Waals surface area contributed by atoms with Gasteiger partial charge in [-0.2, -0.15) is 0 Å². The molecule has 1 amide bonds. The number of carboxylic acids is 3. The molecule has 25 heteroatoms. The molecular formula is C40H72N4O21. The summed E-state index contributed by atoms with van der Waals surface area (Å²) >= 11 is 0. The monoisotopic (exact) mass is 944 g/mol. The number of aliphatic carboxylic acids is 3. The Kier molecular flexibility index (Phi) is 22.2. The summed E-state index contributed by atoms with van der Waals surface area (Å²) in [6.07, 6.45) is -14.2. The van der Waals surface area contributed by atoms with E-state index in [1.165, 1.54) is 32.1 Å². The van der Waals surface area contributed by atoms with Crippen molar-refractivity contribution in [3.8, 4) is 0 Å². The number of aliphatic hydroxyl groups is 9. The van der Waals surface area contributed by atoms with Crippen LogP contribution in [0.4, 0.5) is 0 Å². The van der Waals surface area contributed by atoms with Crippen LogP contribution >= 0.6 is 0 Å². The van der Waals surface area contributed by atoms with E-state index in [4.69, 9.17) is 35.2 Å². The van der Waals surface area contributed by atoms with Crippen molar-refractivity contribution in [2.24, 2.45) is 11.5 Å². The molecule has 3 heterocycles. The van der Waals surface area contributed by atoms with E-state index in [2.05, 4.69) is 17.6 Å². The number of hydrogen-bond acceptors (Lipinski definition) is 21. The maximum atomic E-state index is 13.0. The van der Waals surface area contributed by atoms with Gasteiger partial charge in [0.15, 0.2) is 0 Å². The van der Waals surface area contributed by atoms with Crippen LogP contribution in [0.1, 0.15) is 97.3 Å². The first kappa shape index (κ1) is 56.5. The summed E-state index contributed by atoms with van der Waals surface area (Å²) in [7, 11) is 0. The molecule has 17 unspecified atom stereocenters. The number of carbonyl (C=O) groups is 4. The Hall–Kier alpha value is -2.80. The number of unbranched alkanes of at least 4 members (excludes halogenated alkanes) is 9. The minimum absolute atomic E-state index is 0.156. The number of amides is 1. The summed E-state index contributed by atoms with van der Waals surface area (Å²) in [4.78, 5) is 49.9. The molecule has 0 radical (unpaired) electrons. The average Bonchev–Trinajstić information content (AvgIpc) is 3.24. The zero-order valence-corrected chi connectivity index (χ0v) is 36.8. The molecule has 0 aliphatic carbocycles. The van der Waals surface area contributed by atoms with Crippen LogP contribution in [0.5, 0.6) is 0 Å². The highest BCUT2D eigenvalue weighted by molar-refractivity contribution is 5.77. The standard InChI is InChI=1S/C40H72N4O21/c1-3-4-5-6-7-8-9-10-11-12-13-43-17-24(51)32-27(41)22(49)15-39(64-32,36(56)57)62-26(19-46)31(53)34-29(44-20(2)47)23(50)16-40(65-34,37(58)59)61-25(18-45)30(52)33-28(42)21(48)14-38(60,63-33)35(54)55/h21-34,43,45-46,48-53,60H,3-19,41-42H2,1-2H3,(H,44,47)(H,54,55)(H,56,57)(H,58,59). The first-order valence-electron chi connectivity index (χ1n) is 22.1. The zero-order chi connectivity index (χ0) is 48.9. The number of carboxylic acid groups (broad SMARTS) is 3. The Balaban J connectivity index is 1.83. The molecule has 378 valence electrons. The maximum absolute atomic E-state index is 13.0. The number of hydrogen-bond donors (Lipinski definition) is 16. The fourth-order valence-electron chi connectivity index (χ4n) is 8.37. The minimum atomic E-state index is -3.22. The second-order valence-corrected chi connectivity index (χ2v) is 17.3. The van der Waals surface area contributed by atoms with Crippen molar-refractivity contribution in [3.05, 3.63) is 0 Å². The molecule has 0 spiro atoms. The highest BCUT2D eigenvalue weighted by atomic mass is 16.8. The number of carbonyl (C=O) groups excluding carboxylic acids is 1. The van der Waals surface area contributed by atoms with Gasteiger partial charge in [-0.3, -0.25) is 4.79 Å². The zero-order valence-electron chi connectivity index (χ0n) is 36.8. The second-order valence-electron chi connectivity index (χ2n) is 17.3. The third-order valence-corrected chi connectivity index (χ3v) is 12.1. The average molecular weight is 945 g/mol. The van der Waals surface area contributed by atoms with Gasteiger partial charge in [-0.15, -0.1) is 0 Å². The highest BCUT2D eigenvalue weighted by Gasteiger charge is 2.61.